The summed E-state index contributed by atoms with van der Waals surface area (Å²) in [5.74, 6) is 0.989. The van der Waals surface area contributed by atoms with Crippen molar-refractivity contribution in [3.05, 3.63) is 46.9 Å². The van der Waals surface area contributed by atoms with Crippen molar-refractivity contribution in [1.29, 1.82) is 0 Å². The molecule has 26 heavy (non-hydrogen) atoms. The molecule has 0 radical (unpaired) electrons. The van der Waals surface area contributed by atoms with Gasteiger partial charge < -0.3 is 0 Å². The van der Waals surface area contributed by atoms with Gasteiger partial charge in [0.2, 0.25) is 11.9 Å². The molecule has 132 valence electrons. The van der Waals surface area contributed by atoms with Gasteiger partial charge in [-0.1, -0.05) is 32.0 Å². The van der Waals surface area contributed by atoms with Crippen LogP contribution in [0, 0.1) is 19.3 Å². The van der Waals surface area contributed by atoms with E-state index in [1.807, 2.05) is 32.0 Å². The monoisotopic (exact) mass is 347 g/mol. The number of benzene rings is 1. The topological polar surface area (TPSA) is 80.7 Å². The largest absolute Gasteiger partial charge is 0.294 e. The summed E-state index contributed by atoms with van der Waals surface area (Å²) in [4.78, 5) is 30.3. The summed E-state index contributed by atoms with van der Waals surface area (Å²) < 4.78 is 0. The summed E-state index contributed by atoms with van der Waals surface area (Å²) in [5.41, 5.74) is 4.24. The number of rotatable bonds is 2. The molecule has 0 amide bonds. The molecule has 0 atom stereocenters. The van der Waals surface area contributed by atoms with Crippen molar-refractivity contribution >= 4 is 28.6 Å². The summed E-state index contributed by atoms with van der Waals surface area (Å²) >= 11 is 0. The average Bonchev–Trinajstić information content (AvgIpc) is 2.54. The molecule has 4 rings (SSSR count). The number of hydrogen-bond donors (Lipinski definition) is 1. The molecule has 3 aromatic rings. The molecule has 6 heteroatoms. The molecule has 0 aliphatic heterocycles. The Labute approximate surface area is 152 Å². The second kappa shape index (κ2) is 5.83. The predicted octanol–water partition coefficient (Wildman–Crippen LogP) is 3.94. The molecule has 1 N–H and O–H groups in total. The van der Waals surface area contributed by atoms with Crippen LogP contribution in [-0.4, -0.2) is 25.7 Å². The molecule has 0 bridgehead atoms. The van der Waals surface area contributed by atoms with Gasteiger partial charge in [0.1, 0.15) is 0 Å². The van der Waals surface area contributed by atoms with E-state index in [2.05, 4.69) is 39.1 Å². The molecule has 0 spiro atoms. The molecule has 0 saturated heterocycles. The van der Waals surface area contributed by atoms with Gasteiger partial charge in [0.05, 0.1) is 22.5 Å². The van der Waals surface area contributed by atoms with Crippen molar-refractivity contribution in [3.63, 3.8) is 0 Å². The van der Waals surface area contributed by atoms with Gasteiger partial charge in [0.25, 0.3) is 0 Å². The van der Waals surface area contributed by atoms with Gasteiger partial charge in [-0.3, -0.25) is 10.1 Å². The van der Waals surface area contributed by atoms with Crippen molar-refractivity contribution in [2.24, 2.45) is 5.41 Å². The fraction of sp³-hybridized carbons (Fsp3) is 0.350. The SMILES string of the molecule is Cc1nc(Nc2ncc3c(n2)CC(C)(C)CC3=O)nc2c(C)cccc12. The fourth-order valence-electron chi connectivity index (χ4n) is 3.50. The van der Waals surface area contributed by atoms with Gasteiger partial charge in [0, 0.05) is 18.0 Å². The normalized spacial score (nSPS) is 15.8. The number of ketones is 1. The van der Waals surface area contributed by atoms with E-state index in [1.54, 1.807) is 6.20 Å². The van der Waals surface area contributed by atoms with Crippen LogP contribution >= 0.6 is 0 Å². The minimum atomic E-state index is -0.0805. The average molecular weight is 347 g/mol. The standard InChI is InChI=1S/C20H21N5O/c1-11-6-5-7-13-12(2)22-19(24-17(11)13)25-18-21-10-14-15(23-18)8-20(3,4)9-16(14)26/h5-7,10H,8-9H2,1-4H3,(H,21,22,23,24,25). The third-order valence-corrected chi connectivity index (χ3v) is 4.80. The molecular formula is C20H21N5O. The molecular weight excluding hydrogens is 326 g/mol. The van der Waals surface area contributed by atoms with Crippen LogP contribution in [0.15, 0.2) is 24.4 Å². The van der Waals surface area contributed by atoms with Crippen molar-refractivity contribution < 1.29 is 4.79 Å². The van der Waals surface area contributed by atoms with Gasteiger partial charge in [0.15, 0.2) is 5.78 Å². The van der Waals surface area contributed by atoms with Crippen LogP contribution in [0.5, 0.6) is 0 Å². The highest BCUT2D eigenvalue weighted by molar-refractivity contribution is 5.98. The lowest BCUT2D eigenvalue weighted by Crippen LogP contribution is -2.28. The number of anilines is 2. The molecule has 0 saturated carbocycles. The molecule has 1 aliphatic carbocycles. The number of aryl methyl sites for hydroxylation is 2. The van der Waals surface area contributed by atoms with Crippen LogP contribution in [0.25, 0.3) is 10.9 Å². The number of para-hydroxylation sites is 1. The maximum atomic E-state index is 12.3. The Kier molecular flexibility index (Phi) is 3.72. The zero-order chi connectivity index (χ0) is 18.5. The summed E-state index contributed by atoms with van der Waals surface area (Å²) in [6.45, 7) is 8.16. The van der Waals surface area contributed by atoms with E-state index >= 15 is 0 Å². The highest BCUT2D eigenvalue weighted by Crippen LogP contribution is 2.34. The Hall–Kier alpha value is -2.89. The zero-order valence-electron chi connectivity index (χ0n) is 15.4. The molecule has 1 aromatic carbocycles. The van der Waals surface area contributed by atoms with Crippen LogP contribution in [-0.2, 0) is 6.42 Å². The number of fused-ring (bicyclic) bond motifs is 2. The lowest BCUT2D eigenvalue weighted by Gasteiger charge is -2.29. The maximum Gasteiger partial charge on any atom is 0.230 e. The number of nitrogens with one attached hydrogen (secondary N) is 1. The minimum Gasteiger partial charge on any atom is -0.294 e. The van der Waals surface area contributed by atoms with E-state index < -0.39 is 0 Å². The van der Waals surface area contributed by atoms with Gasteiger partial charge in [-0.05, 0) is 31.2 Å². The van der Waals surface area contributed by atoms with E-state index in [0.717, 1.165) is 34.3 Å². The quantitative estimate of drug-likeness (QED) is 0.756. The second-order valence-corrected chi connectivity index (χ2v) is 7.72. The Morgan fingerprint density at radius 1 is 1.04 bits per heavy atom. The van der Waals surface area contributed by atoms with Gasteiger partial charge in [-0.2, -0.15) is 0 Å². The lowest BCUT2D eigenvalue weighted by molar-refractivity contribution is 0.0910. The molecule has 6 nitrogen and oxygen atoms in total. The number of Topliss-reactive ketones (excluding diaryl/α,β-unsaturated/α-hetero) is 1. The number of carbonyl (C=O) groups is 1. The molecule has 0 unspecified atom stereocenters. The Morgan fingerprint density at radius 2 is 1.85 bits per heavy atom. The number of nitrogens with zero attached hydrogens (tertiary/aromatic N) is 4. The third-order valence-electron chi connectivity index (χ3n) is 4.80. The first-order valence-corrected chi connectivity index (χ1v) is 8.72. The Bertz CT molecular complexity index is 1040. The Morgan fingerprint density at radius 3 is 2.65 bits per heavy atom. The number of aromatic nitrogens is 4. The minimum absolute atomic E-state index is 0.0805. The highest BCUT2D eigenvalue weighted by Gasteiger charge is 2.32. The Balaban J connectivity index is 1.71. The highest BCUT2D eigenvalue weighted by atomic mass is 16.1. The second-order valence-electron chi connectivity index (χ2n) is 7.72. The number of carbonyl (C=O) groups excluding carboxylic acids is 1. The smallest absolute Gasteiger partial charge is 0.230 e. The summed E-state index contributed by atoms with van der Waals surface area (Å²) in [6.07, 6.45) is 2.89. The lowest BCUT2D eigenvalue weighted by atomic mass is 9.76. The van der Waals surface area contributed by atoms with Gasteiger partial charge in [-0.15, -0.1) is 0 Å². The molecule has 1 aliphatic rings. The molecule has 2 aromatic heterocycles. The number of hydrogen-bond acceptors (Lipinski definition) is 6. The van der Waals surface area contributed by atoms with E-state index in [-0.39, 0.29) is 11.2 Å². The zero-order valence-corrected chi connectivity index (χ0v) is 15.4. The maximum absolute atomic E-state index is 12.3. The van der Waals surface area contributed by atoms with Gasteiger partial charge in [-0.25, -0.2) is 19.9 Å². The third kappa shape index (κ3) is 2.92. The van der Waals surface area contributed by atoms with Crippen LogP contribution < -0.4 is 5.32 Å². The van der Waals surface area contributed by atoms with Crippen molar-refractivity contribution in [3.8, 4) is 0 Å². The first kappa shape index (κ1) is 16.6. The summed E-state index contributed by atoms with van der Waals surface area (Å²) in [5, 5.41) is 4.14. The van der Waals surface area contributed by atoms with E-state index in [9.17, 15) is 4.79 Å². The first-order chi connectivity index (χ1) is 12.3. The van der Waals surface area contributed by atoms with E-state index in [0.29, 0.717) is 23.9 Å². The summed E-state index contributed by atoms with van der Waals surface area (Å²) in [6, 6.07) is 6.05. The van der Waals surface area contributed by atoms with E-state index in [1.165, 1.54) is 0 Å². The first-order valence-electron chi connectivity index (χ1n) is 8.72. The predicted molar refractivity (Wildman–Crippen MR) is 101 cm³/mol. The fourth-order valence-corrected chi connectivity index (χ4v) is 3.50. The molecule has 2 heterocycles. The van der Waals surface area contributed by atoms with Gasteiger partial charge >= 0.3 is 0 Å². The van der Waals surface area contributed by atoms with Crippen LogP contribution in [0.1, 0.15) is 47.6 Å². The van der Waals surface area contributed by atoms with Crippen molar-refractivity contribution in [2.75, 3.05) is 5.32 Å². The summed E-state index contributed by atoms with van der Waals surface area (Å²) in [7, 11) is 0. The molecule has 0 fully saturated rings. The van der Waals surface area contributed by atoms with Crippen LogP contribution in [0.3, 0.4) is 0 Å². The van der Waals surface area contributed by atoms with Crippen LogP contribution in [0.2, 0.25) is 0 Å². The van der Waals surface area contributed by atoms with Crippen molar-refractivity contribution in [1.82, 2.24) is 19.9 Å². The van der Waals surface area contributed by atoms with Crippen molar-refractivity contribution in [2.45, 2.75) is 40.5 Å². The van der Waals surface area contributed by atoms with Crippen LogP contribution in [0.4, 0.5) is 11.9 Å². The van der Waals surface area contributed by atoms with E-state index in [4.69, 9.17) is 0 Å².